The van der Waals surface area contributed by atoms with Crippen LogP contribution in [-0.2, 0) is 9.59 Å². The van der Waals surface area contributed by atoms with Crippen LogP contribution in [0.25, 0.3) is 10.4 Å². The predicted octanol–water partition coefficient (Wildman–Crippen LogP) is 2.40. The molecule has 0 saturated heterocycles. The third-order valence-corrected chi connectivity index (χ3v) is 1.80. The van der Waals surface area contributed by atoms with E-state index in [9.17, 15) is 9.59 Å². The van der Waals surface area contributed by atoms with E-state index in [-0.39, 0.29) is 24.0 Å². The van der Waals surface area contributed by atoms with Gasteiger partial charge >= 0.3 is 0 Å². The van der Waals surface area contributed by atoms with Gasteiger partial charge in [0.1, 0.15) is 11.6 Å². The molecule has 1 atom stereocenters. The zero-order valence-corrected chi connectivity index (χ0v) is 8.56. The first-order valence-electron chi connectivity index (χ1n) is 4.59. The highest BCUT2D eigenvalue weighted by Gasteiger charge is 2.09. The summed E-state index contributed by atoms with van der Waals surface area (Å²) >= 11 is 0. The minimum Gasteiger partial charge on any atom is -0.300 e. The Hall–Kier alpha value is -1.35. The van der Waals surface area contributed by atoms with Crippen LogP contribution in [0.3, 0.4) is 0 Å². The Morgan fingerprint density at radius 3 is 2.43 bits per heavy atom. The summed E-state index contributed by atoms with van der Waals surface area (Å²) in [5, 5.41) is 3.51. The van der Waals surface area contributed by atoms with Crippen molar-refractivity contribution in [1.82, 2.24) is 0 Å². The Morgan fingerprint density at radius 1 is 1.36 bits per heavy atom. The van der Waals surface area contributed by atoms with Crippen molar-refractivity contribution in [2.75, 3.05) is 0 Å². The van der Waals surface area contributed by atoms with Crippen LogP contribution in [0.5, 0.6) is 0 Å². The predicted molar refractivity (Wildman–Crippen MR) is 52.8 cm³/mol. The number of rotatable bonds is 7. The number of carbonyl (C=O) groups excluding carboxylic acids is 2. The number of ketones is 2. The second kappa shape index (κ2) is 7.09. The van der Waals surface area contributed by atoms with Crippen molar-refractivity contribution >= 4 is 11.6 Å². The van der Waals surface area contributed by atoms with Crippen molar-refractivity contribution in [3.63, 3.8) is 0 Å². The number of hydrogen-bond acceptors (Lipinski definition) is 3. The fourth-order valence-corrected chi connectivity index (χ4v) is 1.19. The van der Waals surface area contributed by atoms with E-state index in [2.05, 4.69) is 10.0 Å². The second-order valence-electron chi connectivity index (χ2n) is 3.36. The zero-order valence-electron chi connectivity index (χ0n) is 8.56. The van der Waals surface area contributed by atoms with Gasteiger partial charge in [-0.25, -0.2) is 0 Å². The lowest BCUT2D eigenvalue weighted by Gasteiger charge is -2.07. The molecule has 0 aromatic carbocycles. The minimum absolute atomic E-state index is 0.00484. The van der Waals surface area contributed by atoms with Crippen molar-refractivity contribution in [2.24, 2.45) is 5.11 Å². The third kappa shape index (κ3) is 7.31. The summed E-state index contributed by atoms with van der Waals surface area (Å²) in [6.45, 7) is 2.98. The molecule has 0 amide bonds. The van der Waals surface area contributed by atoms with Crippen LogP contribution < -0.4 is 0 Å². The van der Waals surface area contributed by atoms with Gasteiger partial charge < -0.3 is 9.59 Å². The van der Waals surface area contributed by atoms with Crippen LogP contribution in [0.2, 0.25) is 0 Å². The Morgan fingerprint density at radius 2 is 2.00 bits per heavy atom. The van der Waals surface area contributed by atoms with E-state index in [1.165, 1.54) is 13.8 Å². The highest BCUT2D eigenvalue weighted by Crippen LogP contribution is 2.09. The van der Waals surface area contributed by atoms with Crippen LogP contribution in [-0.4, -0.2) is 17.6 Å². The van der Waals surface area contributed by atoms with Crippen molar-refractivity contribution in [3.05, 3.63) is 10.4 Å². The number of carbonyl (C=O) groups is 2. The fraction of sp³-hybridized carbons (Fsp3) is 0.778. The summed E-state index contributed by atoms with van der Waals surface area (Å²) < 4.78 is 0. The maximum atomic E-state index is 10.8. The van der Waals surface area contributed by atoms with Crippen LogP contribution in [0, 0.1) is 0 Å². The van der Waals surface area contributed by atoms with Crippen molar-refractivity contribution < 1.29 is 9.59 Å². The van der Waals surface area contributed by atoms with Crippen molar-refractivity contribution in [2.45, 2.75) is 45.6 Å². The van der Waals surface area contributed by atoms with E-state index >= 15 is 0 Å². The molecule has 0 aromatic rings. The normalized spacial score (nSPS) is 11.6. The van der Waals surface area contributed by atoms with E-state index < -0.39 is 0 Å². The zero-order chi connectivity index (χ0) is 11.0. The van der Waals surface area contributed by atoms with Crippen molar-refractivity contribution in [3.8, 4) is 0 Å². The molecule has 0 aliphatic carbocycles. The Kier molecular flexibility index (Phi) is 6.41. The second-order valence-corrected chi connectivity index (χ2v) is 3.36. The molecular formula is C9H15N3O2. The first kappa shape index (κ1) is 12.7. The van der Waals surface area contributed by atoms with Gasteiger partial charge in [-0.05, 0) is 32.2 Å². The number of azide groups is 1. The van der Waals surface area contributed by atoms with Gasteiger partial charge in [-0.2, -0.15) is 0 Å². The molecule has 0 saturated carbocycles. The van der Waals surface area contributed by atoms with Gasteiger partial charge in [0.2, 0.25) is 0 Å². The fourth-order valence-electron chi connectivity index (χ4n) is 1.19. The van der Waals surface area contributed by atoms with Crippen LogP contribution in [0.1, 0.15) is 39.5 Å². The number of hydrogen-bond donors (Lipinski definition) is 0. The quantitative estimate of drug-likeness (QED) is 0.356. The topological polar surface area (TPSA) is 82.9 Å². The molecule has 5 nitrogen and oxygen atoms in total. The first-order valence-corrected chi connectivity index (χ1v) is 4.59. The van der Waals surface area contributed by atoms with Crippen LogP contribution >= 0.6 is 0 Å². The summed E-state index contributed by atoms with van der Waals surface area (Å²) in [6, 6.07) is -0.295. The van der Waals surface area contributed by atoms with Gasteiger partial charge in [-0.3, -0.25) is 0 Å². The standard InChI is InChI=1S/C9H15N3O2/c1-7(13)4-3-5-9(11-12-10)6-8(2)14/h9H,3-6H2,1-2H3/t9-/m1/s1. The molecule has 0 aliphatic rings. The molecule has 14 heavy (non-hydrogen) atoms. The van der Waals surface area contributed by atoms with Gasteiger partial charge in [0.05, 0.1) is 0 Å². The molecule has 0 bridgehead atoms. The smallest absolute Gasteiger partial charge is 0.130 e. The summed E-state index contributed by atoms with van der Waals surface area (Å²) in [5.41, 5.74) is 8.24. The third-order valence-electron chi connectivity index (χ3n) is 1.80. The van der Waals surface area contributed by atoms with E-state index in [0.29, 0.717) is 19.3 Å². The summed E-state index contributed by atoms with van der Waals surface area (Å²) in [7, 11) is 0. The van der Waals surface area contributed by atoms with E-state index in [1.54, 1.807) is 0 Å². The van der Waals surface area contributed by atoms with Crippen LogP contribution in [0.15, 0.2) is 5.11 Å². The highest BCUT2D eigenvalue weighted by molar-refractivity contribution is 5.76. The molecule has 0 heterocycles. The molecular weight excluding hydrogens is 182 g/mol. The monoisotopic (exact) mass is 197 g/mol. The van der Waals surface area contributed by atoms with Crippen molar-refractivity contribution in [1.29, 1.82) is 0 Å². The minimum atomic E-state index is -0.295. The molecule has 0 radical (unpaired) electrons. The largest absolute Gasteiger partial charge is 0.300 e. The summed E-state index contributed by atoms with van der Waals surface area (Å²) in [6.07, 6.45) is 2.02. The maximum Gasteiger partial charge on any atom is 0.130 e. The van der Waals surface area contributed by atoms with Gasteiger partial charge in [-0.15, -0.1) is 0 Å². The lowest BCUT2D eigenvalue weighted by Crippen LogP contribution is -2.09. The van der Waals surface area contributed by atoms with Gasteiger partial charge in [0.25, 0.3) is 0 Å². The summed E-state index contributed by atoms with van der Waals surface area (Å²) in [5.74, 6) is 0.123. The average molecular weight is 197 g/mol. The maximum absolute atomic E-state index is 10.8. The Bertz CT molecular complexity index is 257. The van der Waals surface area contributed by atoms with Gasteiger partial charge in [0, 0.05) is 23.8 Å². The lowest BCUT2D eigenvalue weighted by atomic mass is 10.0. The Balaban J connectivity index is 3.90. The van der Waals surface area contributed by atoms with E-state index in [4.69, 9.17) is 5.53 Å². The van der Waals surface area contributed by atoms with Gasteiger partial charge in [0.15, 0.2) is 0 Å². The summed E-state index contributed by atoms with van der Waals surface area (Å²) in [4.78, 5) is 24.1. The molecule has 0 N–H and O–H groups in total. The molecule has 0 rings (SSSR count). The number of nitrogens with zero attached hydrogens (tertiary/aromatic N) is 3. The molecule has 0 unspecified atom stereocenters. The molecule has 78 valence electrons. The molecule has 0 spiro atoms. The lowest BCUT2D eigenvalue weighted by molar-refractivity contribution is -0.117. The van der Waals surface area contributed by atoms with Crippen LogP contribution in [0.4, 0.5) is 0 Å². The van der Waals surface area contributed by atoms with E-state index in [1.807, 2.05) is 0 Å². The van der Waals surface area contributed by atoms with E-state index in [0.717, 1.165) is 0 Å². The highest BCUT2D eigenvalue weighted by atomic mass is 16.1. The van der Waals surface area contributed by atoms with Gasteiger partial charge in [-0.1, -0.05) is 5.11 Å². The SMILES string of the molecule is CC(=O)CCC[C@H](CC(C)=O)N=[N+]=[N-]. The average Bonchev–Trinajstić information content (AvgIpc) is 2.02. The molecule has 0 fully saturated rings. The first-order chi connectivity index (χ1) is 6.56. The molecule has 0 aromatic heterocycles. The number of Topliss-reactive ketones (excluding diaryl/α,β-unsaturated/α-hetero) is 2. The Labute approximate surface area is 83.1 Å². The molecule has 5 heteroatoms. The molecule has 0 aliphatic heterocycles.